The lowest BCUT2D eigenvalue weighted by molar-refractivity contribution is -0.532. The normalized spacial score (nSPS) is 31.7. The minimum Gasteiger partial charge on any atom is -0.310 e. The third-order valence-corrected chi connectivity index (χ3v) is 2.38. The van der Waals surface area contributed by atoms with E-state index in [0.29, 0.717) is 6.54 Å². The van der Waals surface area contributed by atoms with Gasteiger partial charge in [-0.05, 0) is 19.4 Å². The Morgan fingerprint density at radius 3 is 2.91 bits per heavy atom. The summed E-state index contributed by atoms with van der Waals surface area (Å²) in [4.78, 5) is 10.3. The molecule has 0 aromatic carbocycles. The van der Waals surface area contributed by atoms with Gasteiger partial charge in [0.05, 0.1) is 6.54 Å². The molecule has 1 N–H and O–H groups in total. The van der Waals surface area contributed by atoms with Gasteiger partial charge in [0.15, 0.2) is 0 Å². The Labute approximate surface area is 66.1 Å². The molecule has 0 spiro atoms. The van der Waals surface area contributed by atoms with Crippen molar-refractivity contribution in [2.75, 3.05) is 13.1 Å². The smallest absolute Gasteiger partial charge is 0.228 e. The van der Waals surface area contributed by atoms with E-state index < -0.39 is 0 Å². The van der Waals surface area contributed by atoms with Crippen molar-refractivity contribution in [1.82, 2.24) is 5.32 Å². The first-order chi connectivity index (χ1) is 5.25. The molecular formula is C7H14N2O2. The van der Waals surface area contributed by atoms with E-state index in [0.717, 1.165) is 19.4 Å². The molecule has 0 bridgehead atoms. The SMILES string of the molecule is CCC1CCNCC1[N+](=O)[O-]. The van der Waals surface area contributed by atoms with E-state index in [-0.39, 0.29) is 16.9 Å². The zero-order chi connectivity index (χ0) is 8.27. The van der Waals surface area contributed by atoms with E-state index >= 15 is 0 Å². The van der Waals surface area contributed by atoms with Crippen molar-refractivity contribution in [3.63, 3.8) is 0 Å². The molecule has 0 radical (unpaired) electrons. The zero-order valence-electron chi connectivity index (χ0n) is 6.75. The molecule has 1 aliphatic heterocycles. The highest BCUT2D eigenvalue weighted by Crippen LogP contribution is 2.17. The van der Waals surface area contributed by atoms with Crippen molar-refractivity contribution in [2.45, 2.75) is 25.8 Å². The van der Waals surface area contributed by atoms with Crippen LogP contribution in [-0.2, 0) is 0 Å². The lowest BCUT2D eigenvalue weighted by Crippen LogP contribution is -2.44. The van der Waals surface area contributed by atoms with Gasteiger partial charge >= 0.3 is 0 Å². The number of hydrogen-bond acceptors (Lipinski definition) is 3. The van der Waals surface area contributed by atoms with Crippen LogP contribution in [0.2, 0.25) is 0 Å². The standard InChI is InChI=1S/C7H14N2O2/c1-2-6-3-4-8-5-7(6)9(10)11/h6-8H,2-5H2,1H3. The van der Waals surface area contributed by atoms with E-state index in [4.69, 9.17) is 0 Å². The molecule has 0 aromatic rings. The second-order valence-corrected chi connectivity index (χ2v) is 3.01. The van der Waals surface area contributed by atoms with Crippen molar-refractivity contribution in [3.05, 3.63) is 10.1 Å². The third-order valence-electron chi connectivity index (χ3n) is 2.38. The van der Waals surface area contributed by atoms with Crippen molar-refractivity contribution < 1.29 is 4.92 Å². The van der Waals surface area contributed by atoms with Crippen molar-refractivity contribution in [1.29, 1.82) is 0 Å². The lowest BCUT2D eigenvalue weighted by Gasteiger charge is -2.24. The Morgan fingerprint density at radius 1 is 1.73 bits per heavy atom. The largest absolute Gasteiger partial charge is 0.310 e. The van der Waals surface area contributed by atoms with Crippen LogP contribution in [0.15, 0.2) is 0 Å². The third kappa shape index (κ3) is 1.89. The van der Waals surface area contributed by atoms with Gasteiger partial charge in [0.2, 0.25) is 6.04 Å². The maximum atomic E-state index is 10.5. The molecule has 0 aromatic heterocycles. The minimum absolute atomic E-state index is 0.152. The molecular weight excluding hydrogens is 144 g/mol. The van der Waals surface area contributed by atoms with Crippen LogP contribution < -0.4 is 5.32 Å². The molecule has 2 atom stereocenters. The second-order valence-electron chi connectivity index (χ2n) is 3.01. The topological polar surface area (TPSA) is 55.2 Å². The number of piperidine rings is 1. The Balaban J connectivity index is 2.51. The number of nitro groups is 1. The second kappa shape index (κ2) is 3.67. The van der Waals surface area contributed by atoms with E-state index in [1.165, 1.54) is 0 Å². The van der Waals surface area contributed by atoms with E-state index in [1.54, 1.807) is 0 Å². The molecule has 1 heterocycles. The maximum absolute atomic E-state index is 10.5. The summed E-state index contributed by atoms with van der Waals surface area (Å²) in [6.07, 6.45) is 1.87. The number of hydrogen-bond donors (Lipinski definition) is 1. The van der Waals surface area contributed by atoms with E-state index in [9.17, 15) is 10.1 Å². The van der Waals surface area contributed by atoms with Crippen LogP contribution in [0.1, 0.15) is 19.8 Å². The fourth-order valence-electron chi connectivity index (χ4n) is 1.62. The first-order valence-electron chi connectivity index (χ1n) is 4.10. The lowest BCUT2D eigenvalue weighted by atomic mass is 9.91. The van der Waals surface area contributed by atoms with Gasteiger partial charge in [0, 0.05) is 10.8 Å². The maximum Gasteiger partial charge on any atom is 0.228 e. The van der Waals surface area contributed by atoms with Crippen molar-refractivity contribution >= 4 is 0 Å². The summed E-state index contributed by atoms with van der Waals surface area (Å²) in [6, 6.07) is -0.353. The highest BCUT2D eigenvalue weighted by molar-refractivity contribution is 4.76. The molecule has 0 aliphatic carbocycles. The monoisotopic (exact) mass is 158 g/mol. The highest BCUT2D eigenvalue weighted by atomic mass is 16.6. The van der Waals surface area contributed by atoms with Gasteiger partial charge in [0.25, 0.3) is 0 Å². The highest BCUT2D eigenvalue weighted by Gasteiger charge is 2.32. The van der Waals surface area contributed by atoms with Crippen LogP contribution in [0.4, 0.5) is 0 Å². The Bertz CT molecular complexity index is 149. The van der Waals surface area contributed by atoms with Crippen LogP contribution >= 0.6 is 0 Å². The van der Waals surface area contributed by atoms with Crippen molar-refractivity contribution in [3.8, 4) is 0 Å². The van der Waals surface area contributed by atoms with Gasteiger partial charge in [-0.1, -0.05) is 6.92 Å². The summed E-state index contributed by atoms with van der Waals surface area (Å²) < 4.78 is 0. The van der Waals surface area contributed by atoms with Gasteiger partial charge in [-0.3, -0.25) is 10.1 Å². The molecule has 1 aliphatic rings. The van der Waals surface area contributed by atoms with Crippen LogP contribution in [0.25, 0.3) is 0 Å². The minimum atomic E-state index is -0.353. The molecule has 4 nitrogen and oxygen atoms in total. The molecule has 64 valence electrons. The molecule has 1 fully saturated rings. The zero-order valence-corrected chi connectivity index (χ0v) is 6.75. The van der Waals surface area contributed by atoms with Crippen LogP contribution in [-0.4, -0.2) is 24.1 Å². The fraction of sp³-hybridized carbons (Fsp3) is 1.00. The Kier molecular flexibility index (Phi) is 2.82. The van der Waals surface area contributed by atoms with Crippen LogP contribution in [0, 0.1) is 16.0 Å². The predicted octanol–water partition coefficient (Wildman–Crippen LogP) is 0.651. The molecule has 11 heavy (non-hydrogen) atoms. The number of nitrogens with one attached hydrogen (secondary N) is 1. The van der Waals surface area contributed by atoms with Gasteiger partial charge in [0.1, 0.15) is 0 Å². The van der Waals surface area contributed by atoms with Gasteiger partial charge in [-0.25, -0.2) is 0 Å². The first-order valence-corrected chi connectivity index (χ1v) is 4.10. The van der Waals surface area contributed by atoms with E-state index in [1.807, 2.05) is 6.92 Å². The first kappa shape index (κ1) is 8.46. The summed E-state index contributed by atoms with van der Waals surface area (Å²) in [5.41, 5.74) is 0. The van der Waals surface area contributed by atoms with Crippen molar-refractivity contribution in [2.24, 2.45) is 5.92 Å². The molecule has 0 saturated carbocycles. The fourth-order valence-corrected chi connectivity index (χ4v) is 1.62. The van der Waals surface area contributed by atoms with E-state index in [2.05, 4.69) is 5.32 Å². The average molecular weight is 158 g/mol. The van der Waals surface area contributed by atoms with Crippen LogP contribution in [0.5, 0.6) is 0 Å². The molecule has 0 amide bonds. The molecule has 4 heteroatoms. The predicted molar refractivity (Wildman–Crippen MR) is 42.1 cm³/mol. The summed E-state index contributed by atoms with van der Waals surface area (Å²) in [5.74, 6) is 0.284. The number of rotatable bonds is 2. The Morgan fingerprint density at radius 2 is 2.45 bits per heavy atom. The van der Waals surface area contributed by atoms with Gasteiger partial charge in [-0.15, -0.1) is 0 Å². The Hall–Kier alpha value is -0.640. The average Bonchev–Trinajstić information content (AvgIpc) is 2.04. The quantitative estimate of drug-likeness (QED) is 0.474. The summed E-state index contributed by atoms with van der Waals surface area (Å²) >= 11 is 0. The summed E-state index contributed by atoms with van der Waals surface area (Å²) in [5, 5.41) is 13.5. The molecule has 2 unspecified atom stereocenters. The van der Waals surface area contributed by atoms with Gasteiger partial charge in [-0.2, -0.15) is 0 Å². The molecule has 1 rings (SSSR count). The van der Waals surface area contributed by atoms with Crippen LogP contribution in [0.3, 0.4) is 0 Å². The summed E-state index contributed by atoms with van der Waals surface area (Å²) in [7, 11) is 0. The summed E-state index contributed by atoms with van der Waals surface area (Å²) in [6.45, 7) is 3.50. The number of nitrogens with zero attached hydrogens (tertiary/aromatic N) is 1. The molecule has 1 saturated heterocycles. The van der Waals surface area contributed by atoms with Gasteiger partial charge < -0.3 is 5.32 Å².